The van der Waals surface area contributed by atoms with Crippen LogP contribution in [0, 0.1) is 5.41 Å². The number of amides is 1. The molecule has 0 saturated carbocycles. The molecule has 1 atom stereocenters. The number of rotatable bonds is 5. The maximum absolute atomic E-state index is 12.4. The van der Waals surface area contributed by atoms with Crippen molar-refractivity contribution in [1.29, 1.82) is 0 Å². The van der Waals surface area contributed by atoms with Crippen molar-refractivity contribution in [1.82, 2.24) is 4.90 Å². The molecule has 1 heterocycles. The second-order valence-corrected chi connectivity index (χ2v) is 4.66. The van der Waals surface area contributed by atoms with Gasteiger partial charge in [0.05, 0.1) is 13.2 Å². The predicted octanol–water partition coefficient (Wildman–Crippen LogP) is 0.142. The van der Waals surface area contributed by atoms with Gasteiger partial charge in [0.1, 0.15) is 0 Å². The quantitative estimate of drug-likeness (QED) is 0.408. The van der Waals surface area contributed by atoms with Gasteiger partial charge in [0.2, 0.25) is 5.41 Å². The average molecular weight is 299 g/mol. The molecule has 0 N–H and O–H groups in total. The zero-order chi connectivity index (χ0) is 16.2. The molecule has 1 aliphatic rings. The molecule has 0 aromatic carbocycles. The highest BCUT2D eigenvalue weighted by Gasteiger charge is 2.63. The number of methoxy groups -OCH3 is 1. The van der Waals surface area contributed by atoms with Crippen LogP contribution in [0.15, 0.2) is 12.2 Å². The van der Waals surface area contributed by atoms with Gasteiger partial charge >= 0.3 is 11.9 Å². The monoisotopic (exact) mass is 299 g/mol. The highest BCUT2D eigenvalue weighted by Crippen LogP contribution is 2.40. The van der Waals surface area contributed by atoms with Crippen molar-refractivity contribution in [2.75, 3.05) is 33.9 Å². The van der Waals surface area contributed by atoms with Crippen LogP contribution in [0.3, 0.4) is 0 Å². The van der Waals surface area contributed by atoms with Crippen LogP contribution in [0.2, 0.25) is 0 Å². The molecule has 0 aromatic rings. The van der Waals surface area contributed by atoms with Crippen LogP contribution in [0.5, 0.6) is 0 Å². The Morgan fingerprint density at radius 3 is 2.14 bits per heavy atom. The zero-order valence-corrected chi connectivity index (χ0v) is 12.8. The lowest BCUT2D eigenvalue weighted by atomic mass is 9.72. The van der Waals surface area contributed by atoms with Gasteiger partial charge in [0, 0.05) is 20.7 Å². The Balaban J connectivity index is 3.43. The number of piperidine rings is 1. The summed E-state index contributed by atoms with van der Waals surface area (Å²) < 4.78 is 15.1. The Labute approximate surface area is 123 Å². The van der Waals surface area contributed by atoms with Crippen LogP contribution in [0.1, 0.15) is 13.8 Å². The van der Waals surface area contributed by atoms with Gasteiger partial charge in [-0.15, -0.1) is 0 Å². The first-order valence-electron chi connectivity index (χ1n) is 6.68. The highest BCUT2D eigenvalue weighted by molar-refractivity contribution is 6.10. The fraction of sp³-hybridized carbons (Fsp3) is 0.643. The van der Waals surface area contributed by atoms with Gasteiger partial charge in [-0.05, 0) is 19.4 Å². The molecule has 21 heavy (non-hydrogen) atoms. The van der Waals surface area contributed by atoms with Gasteiger partial charge in [-0.2, -0.15) is 0 Å². The maximum atomic E-state index is 12.4. The third-order valence-electron chi connectivity index (χ3n) is 3.41. The molecule has 1 aliphatic heterocycles. The minimum absolute atomic E-state index is 0.0519. The van der Waals surface area contributed by atoms with E-state index in [9.17, 15) is 14.4 Å². The summed E-state index contributed by atoms with van der Waals surface area (Å²) in [4.78, 5) is 38.5. The van der Waals surface area contributed by atoms with Gasteiger partial charge in [-0.3, -0.25) is 14.4 Å². The zero-order valence-electron chi connectivity index (χ0n) is 12.8. The lowest BCUT2D eigenvalue weighted by Crippen LogP contribution is -2.63. The summed E-state index contributed by atoms with van der Waals surface area (Å²) in [7, 11) is 2.79. The standard InChI is InChI=1S/C14H21NO6/c1-6-20-12(17)14(13(18)21-7-2)9(3)8-15(4)11(16)10(14)19-5/h10H,3,6-8H2,1-2,4-5H3. The summed E-state index contributed by atoms with van der Waals surface area (Å²) >= 11 is 0. The van der Waals surface area contributed by atoms with Crippen LogP contribution in [-0.2, 0) is 28.6 Å². The van der Waals surface area contributed by atoms with Crippen LogP contribution in [0.4, 0.5) is 0 Å². The van der Waals surface area contributed by atoms with Gasteiger partial charge in [-0.1, -0.05) is 6.58 Å². The number of hydrogen-bond acceptors (Lipinski definition) is 6. The van der Waals surface area contributed by atoms with Crippen LogP contribution in [0.25, 0.3) is 0 Å². The summed E-state index contributed by atoms with van der Waals surface area (Å²) in [5.74, 6) is -2.24. The number of carbonyl (C=O) groups is 3. The molecule has 0 spiro atoms. The van der Waals surface area contributed by atoms with E-state index < -0.39 is 29.4 Å². The second-order valence-electron chi connectivity index (χ2n) is 4.66. The van der Waals surface area contributed by atoms with Gasteiger partial charge in [-0.25, -0.2) is 0 Å². The molecule has 1 fully saturated rings. The largest absolute Gasteiger partial charge is 0.465 e. The van der Waals surface area contributed by atoms with Gasteiger partial charge in [0.25, 0.3) is 5.91 Å². The van der Waals surface area contributed by atoms with E-state index in [4.69, 9.17) is 14.2 Å². The summed E-state index contributed by atoms with van der Waals surface area (Å²) in [5.41, 5.74) is -1.74. The molecular weight excluding hydrogens is 278 g/mol. The van der Waals surface area contributed by atoms with Crippen molar-refractivity contribution in [2.24, 2.45) is 5.41 Å². The van der Waals surface area contributed by atoms with Crippen molar-refractivity contribution < 1.29 is 28.6 Å². The maximum Gasteiger partial charge on any atom is 0.331 e. The first-order valence-corrected chi connectivity index (χ1v) is 6.68. The first kappa shape index (κ1) is 17.2. The van der Waals surface area contributed by atoms with Crippen LogP contribution < -0.4 is 0 Å². The van der Waals surface area contributed by atoms with Crippen LogP contribution in [-0.4, -0.2) is 62.8 Å². The molecule has 1 amide bonds. The molecule has 1 rings (SSSR count). The first-order chi connectivity index (χ1) is 9.87. The summed E-state index contributed by atoms with van der Waals surface area (Å²) in [6.45, 7) is 7.18. The Kier molecular flexibility index (Phi) is 5.48. The molecular formula is C14H21NO6. The van der Waals surface area contributed by atoms with E-state index in [0.717, 1.165) is 0 Å². The minimum atomic E-state index is -1.95. The number of nitrogens with zero attached hydrogens (tertiary/aromatic N) is 1. The van der Waals surface area contributed by atoms with Crippen molar-refractivity contribution in [3.8, 4) is 0 Å². The molecule has 0 radical (unpaired) electrons. The number of hydrogen-bond donors (Lipinski definition) is 0. The van der Waals surface area contributed by atoms with Gasteiger partial charge in [0.15, 0.2) is 6.10 Å². The van der Waals surface area contributed by atoms with E-state index in [2.05, 4.69) is 6.58 Å². The molecule has 0 aromatic heterocycles. The fourth-order valence-corrected chi connectivity index (χ4v) is 2.41. The molecule has 0 bridgehead atoms. The van der Waals surface area contributed by atoms with E-state index in [-0.39, 0.29) is 25.3 Å². The normalized spacial score (nSPS) is 21.1. The number of carbonyl (C=O) groups excluding carboxylic acids is 3. The SMILES string of the molecule is C=C1CN(C)C(=O)C(OC)C1(C(=O)OCC)C(=O)OCC. The Morgan fingerprint density at radius 2 is 1.76 bits per heavy atom. The van der Waals surface area contributed by atoms with E-state index in [1.165, 1.54) is 12.0 Å². The Bertz CT molecular complexity index is 427. The van der Waals surface area contributed by atoms with Crippen LogP contribution >= 0.6 is 0 Å². The molecule has 7 heteroatoms. The summed E-state index contributed by atoms with van der Waals surface area (Å²) in [6, 6.07) is 0. The predicted molar refractivity (Wildman–Crippen MR) is 73.3 cm³/mol. The molecule has 1 unspecified atom stereocenters. The van der Waals surface area contributed by atoms with E-state index in [0.29, 0.717) is 0 Å². The lowest BCUT2D eigenvalue weighted by Gasteiger charge is -2.42. The topological polar surface area (TPSA) is 82.1 Å². The van der Waals surface area contributed by atoms with Crippen molar-refractivity contribution in [3.63, 3.8) is 0 Å². The average Bonchev–Trinajstić information content (AvgIpc) is 2.42. The van der Waals surface area contributed by atoms with Gasteiger partial charge < -0.3 is 19.1 Å². The lowest BCUT2D eigenvalue weighted by molar-refractivity contribution is -0.186. The summed E-state index contributed by atoms with van der Waals surface area (Å²) in [6.07, 6.45) is -1.35. The summed E-state index contributed by atoms with van der Waals surface area (Å²) in [5, 5.41) is 0. The van der Waals surface area contributed by atoms with Crippen molar-refractivity contribution in [2.45, 2.75) is 20.0 Å². The van der Waals surface area contributed by atoms with Crippen molar-refractivity contribution >= 4 is 17.8 Å². The number of likely N-dealkylation sites (tertiary alicyclic amines) is 1. The Morgan fingerprint density at radius 1 is 1.29 bits per heavy atom. The number of esters is 2. The smallest absolute Gasteiger partial charge is 0.331 e. The molecule has 118 valence electrons. The fourth-order valence-electron chi connectivity index (χ4n) is 2.41. The third-order valence-corrected chi connectivity index (χ3v) is 3.41. The molecule has 7 nitrogen and oxygen atoms in total. The molecule has 1 saturated heterocycles. The second kappa shape index (κ2) is 6.71. The molecule has 0 aliphatic carbocycles. The third kappa shape index (κ3) is 2.65. The number of likely N-dealkylation sites (N-methyl/N-ethyl adjacent to an activating group) is 1. The van der Waals surface area contributed by atoms with E-state index in [1.54, 1.807) is 20.9 Å². The minimum Gasteiger partial charge on any atom is -0.465 e. The number of ether oxygens (including phenoxy) is 3. The Hall–Kier alpha value is -1.89. The van der Waals surface area contributed by atoms with E-state index >= 15 is 0 Å². The van der Waals surface area contributed by atoms with E-state index in [1.807, 2.05) is 0 Å². The van der Waals surface area contributed by atoms with Crippen molar-refractivity contribution in [3.05, 3.63) is 12.2 Å². The highest BCUT2D eigenvalue weighted by atomic mass is 16.6.